The monoisotopic (exact) mass is 679 g/mol. The molecule has 9 heteroatoms. The Balaban J connectivity index is 5.98. The van der Waals surface area contributed by atoms with Crippen molar-refractivity contribution in [3.8, 4) is 0 Å². The number of hydrogen-bond donors (Lipinski definition) is 4. The van der Waals surface area contributed by atoms with Gasteiger partial charge in [-0.3, -0.25) is 0 Å². The molecule has 0 aromatic heterocycles. The van der Waals surface area contributed by atoms with Crippen molar-refractivity contribution in [2.45, 2.75) is 194 Å². The van der Waals surface area contributed by atoms with Gasteiger partial charge in [0.2, 0.25) is 0 Å². The molecule has 0 heterocycles. The summed E-state index contributed by atoms with van der Waals surface area (Å²) in [5, 5.41) is 41.0. The first kappa shape index (κ1) is 46.6. The van der Waals surface area contributed by atoms with E-state index in [2.05, 4.69) is 55.4 Å². The molecule has 0 spiro atoms. The van der Waals surface area contributed by atoms with Crippen LogP contribution in [0, 0.1) is 11.8 Å². The third kappa shape index (κ3) is 24.4. The Labute approximate surface area is 289 Å². The van der Waals surface area contributed by atoms with Crippen molar-refractivity contribution < 1.29 is 44.1 Å². The minimum atomic E-state index is -0.826. The maximum atomic E-state index is 10.3. The maximum Gasteiger partial charge on any atom is 0.0677 e. The fraction of sp³-hybridized carbons (Fsp3) is 1.00. The molecule has 284 valence electrons. The molecule has 0 aliphatic carbocycles. The minimum Gasteiger partial charge on any atom is -0.390 e. The third-order valence-corrected chi connectivity index (χ3v) is 8.87. The molecular formula is C38H78O9. The summed E-state index contributed by atoms with van der Waals surface area (Å²) in [5.41, 5.74) is -5.40. The molecule has 0 aliphatic rings. The van der Waals surface area contributed by atoms with Gasteiger partial charge in [0, 0.05) is 11.8 Å². The average Bonchev–Trinajstić information content (AvgIpc) is 2.78. The van der Waals surface area contributed by atoms with Gasteiger partial charge >= 0.3 is 0 Å². The first-order valence-electron chi connectivity index (χ1n) is 17.8. The van der Waals surface area contributed by atoms with Gasteiger partial charge in [-0.05, 0) is 149 Å². The van der Waals surface area contributed by atoms with Gasteiger partial charge in [-0.15, -0.1) is 0 Å². The molecule has 0 aliphatic heterocycles. The zero-order valence-electron chi connectivity index (χ0n) is 33.5. The van der Waals surface area contributed by atoms with Gasteiger partial charge in [0.05, 0.1) is 84.4 Å². The van der Waals surface area contributed by atoms with Crippen LogP contribution in [0.4, 0.5) is 0 Å². The maximum absolute atomic E-state index is 10.3. The number of ether oxygens (including phenoxy) is 5. The molecular weight excluding hydrogens is 600 g/mol. The average molecular weight is 679 g/mol. The number of rotatable bonds is 26. The summed E-state index contributed by atoms with van der Waals surface area (Å²) in [6.07, 6.45) is 3.40. The van der Waals surface area contributed by atoms with Gasteiger partial charge in [0.1, 0.15) is 0 Å². The van der Waals surface area contributed by atoms with Crippen molar-refractivity contribution in [1.29, 1.82) is 0 Å². The summed E-state index contributed by atoms with van der Waals surface area (Å²) in [5.74, 6) is -0.0882. The van der Waals surface area contributed by atoms with E-state index in [1.54, 1.807) is 55.4 Å². The number of aliphatic hydroxyl groups is 4. The summed E-state index contributed by atoms with van der Waals surface area (Å²) in [6.45, 7) is 33.3. The summed E-state index contributed by atoms with van der Waals surface area (Å²) in [7, 11) is 0. The fourth-order valence-corrected chi connectivity index (χ4v) is 5.19. The molecule has 0 radical (unpaired) electrons. The smallest absolute Gasteiger partial charge is 0.0677 e. The lowest BCUT2D eigenvalue weighted by atomic mass is 9.81. The Hall–Kier alpha value is -0.360. The Kier molecular flexibility index (Phi) is 18.1. The van der Waals surface area contributed by atoms with E-state index in [1.807, 2.05) is 0 Å². The summed E-state index contributed by atoms with van der Waals surface area (Å²) in [4.78, 5) is 0. The minimum absolute atomic E-state index is 0.0441. The van der Waals surface area contributed by atoms with E-state index in [1.165, 1.54) is 0 Å². The van der Waals surface area contributed by atoms with Gasteiger partial charge in [0.15, 0.2) is 0 Å². The summed E-state index contributed by atoms with van der Waals surface area (Å²) < 4.78 is 32.0. The Morgan fingerprint density at radius 3 is 0.851 bits per heavy atom. The molecule has 0 rings (SSSR count). The molecule has 0 amide bonds. The van der Waals surface area contributed by atoms with Crippen molar-refractivity contribution in [2.24, 2.45) is 11.8 Å². The standard InChI is InChI=1S/C38H78O9/c1-31(2,39)17-21-44-35(9,10)25-29(37(13,14)46-23-19-33(5,6)41)27-43-28-30(38(15,16)47-24-20-34(7,8)42)26-36(11,12)45-22-18-32(3,4)40/h29-30,39-42H,17-28H2,1-16H3. The van der Waals surface area contributed by atoms with Crippen LogP contribution in [0.15, 0.2) is 0 Å². The Morgan fingerprint density at radius 1 is 0.383 bits per heavy atom. The highest BCUT2D eigenvalue weighted by Crippen LogP contribution is 2.35. The van der Waals surface area contributed by atoms with Gasteiger partial charge < -0.3 is 44.1 Å². The first-order chi connectivity index (χ1) is 20.7. The molecule has 2 atom stereocenters. The van der Waals surface area contributed by atoms with Crippen LogP contribution in [0.25, 0.3) is 0 Å². The summed E-state index contributed by atoms with van der Waals surface area (Å²) in [6, 6.07) is 0. The Bertz CT molecular complexity index is 782. The molecule has 47 heavy (non-hydrogen) atoms. The van der Waals surface area contributed by atoms with Crippen LogP contribution in [0.1, 0.15) is 149 Å². The van der Waals surface area contributed by atoms with E-state index in [0.717, 1.165) is 0 Å². The molecule has 0 saturated carbocycles. The second-order valence-electron chi connectivity index (χ2n) is 18.7. The van der Waals surface area contributed by atoms with Gasteiger partial charge in [-0.2, -0.15) is 0 Å². The van der Waals surface area contributed by atoms with E-state index in [-0.39, 0.29) is 11.8 Å². The van der Waals surface area contributed by atoms with Gasteiger partial charge in [-0.1, -0.05) is 0 Å². The molecule has 0 aromatic carbocycles. The van der Waals surface area contributed by atoms with E-state index < -0.39 is 44.8 Å². The first-order valence-corrected chi connectivity index (χ1v) is 17.8. The van der Waals surface area contributed by atoms with Crippen LogP contribution in [-0.2, 0) is 23.7 Å². The van der Waals surface area contributed by atoms with E-state index in [9.17, 15) is 20.4 Å². The lowest BCUT2D eigenvalue weighted by Gasteiger charge is -2.42. The van der Waals surface area contributed by atoms with Crippen LogP contribution >= 0.6 is 0 Å². The molecule has 0 bridgehead atoms. The number of hydrogen-bond acceptors (Lipinski definition) is 9. The van der Waals surface area contributed by atoms with E-state index in [4.69, 9.17) is 23.7 Å². The molecule has 0 saturated heterocycles. The van der Waals surface area contributed by atoms with Crippen molar-refractivity contribution in [2.75, 3.05) is 39.6 Å². The third-order valence-electron chi connectivity index (χ3n) is 8.87. The highest BCUT2D eigenvalue weighted by atomic mass is 16.5. The quantitative estimate of drug-likeness (QED) is 0.0778. The van der Waals surface area contributed by atoms with Gasteiger partial charge in [-0.25, -0.2) is 0 Å². The highest BCUT2D eigenvalue weighted by Gasteiger charge is 2.39. The topological polar surface area (TPSA) is 127 Å². The van der Waals surface area contributed by atoms with Crippen molar-refractivity contribution in [1.82, 2.24) is 0 Å². The summed E-state index contributed by atoms with van der Waals surface area (Å²) >= 11 is 0. The van der Waals surface area contributed by atoms with Crippen LogP contribution in [-0.4, -0.2) is 105 Å². The molecule has 0 fully saturated rings. The van der Waals surface area contributed by atoms with Gasteiger partial charge in [0.25, 0.3) is 0 Å². The second-order valence-corrected chi connectivity index (χ2v) is 18.7. The lowest BCUT2D eigenvalue weighted by molar-refractivity contribution is -0.147. The second kappa shape index (κ2) is 18.2. The molecule has 0 aromatic rings. The molecule has 4 N–H and O–H groups in total. The van der Waals surface area contributed by atoms with Crippen molar-refractivity contribution in [3.05, 3.63) is 0 Å². The lowest BCUT2D eigenvalue weighted by Crippen LogP contribution is -2.45. The molecule has 2 unspecified atom stereocenters. The van der Waals surface area contributed by atoms with Crippen LogP contribution in [0.2, 0.25) is 0 Å². The zero-order valence-corrected chi connectivity index (χ0v) is 33.5. The van der Waals surface area contributed by atoms with Crippen LogP contribution in [0.3, 0.4) is 0 Å². The van der Waals surface area contributed by atoms with Crippen molar-refractivity contribution >= 4 is 0 Å². The predicted molar refractivity (Wildman–Crippen MR) is 191 cm³/mol. The highest BCUT2D eigenvalue weighted by molar-refractivity contribution is 4.89. The van der Waals surface area contributed by atoms with E-state index in [0.29, 0.717) is 78.2 Å². The Morgan fingerprint density at radius 2 is 0.617 bits per heavy atom. The van der Waals surface area contributed by atoms with Crippen LogP contribution < -0.4 is 0 Å². The largest absolute Gasteiger partial charge is 0.390 e. The predicted octanol–water partition coefficient (Wildman–Crippen LogP) is 6.84. The normalized spacial score (nSPS) is 16.1. The zero-order chi connectivity index (χ0) is 37.2. The molecule has 9 nitrogen and oxygen atoms in total. The SMILES string of the molecule is CC(C)(O)CCOC(C)(C)CC(COCC(CC(C)(C)OCCC(C)(C)O)C(C)(C)OCCC(C)(C)O)C(C)(C)OCCC(C)(C)O. The fourth-order valence-electron chi connectivity index (χ4n) is 5.19. The van der Waals surface area contributed by atoms with Crippen LogP contribution in [0.5, 0.6) is 0 Å². The van der Waals surface area contributed by atoms with E-state index >= 15 is 0 Å². The van der Waals surface area contributed by atoms with Crippen molar-refractivity contribution in [3.63, 3.8) is 0 Å².